The zero-order valence-corrected chi connectivity index (χ0v) is 11.5. The minimum absolute atomic E-state index is 0.438. The maximum Gasteiger partial charge on any atom is 0.0356 e. The van der Waals surface area contributed by atoms with Crippen molar-refractivity contribution in [2.45, 2.75) is 25.3 Å². The number of rotatable bonds is 4. The molecule has 3 unspecified atom stereocenters. The Morgan fingerprint density at radius 2 is 2.00 bits per heavy atom. The predicted octanol–water partition coefficient (Wildman–Crippen LogP) is 3.45. The second kappa shape index (κ2) is 5.14. The van der Waals surface area contributed by atoms with Crippen molar-refractivity contribution in [1.82, 2.24) is 10.3 Å². The van der Waals surface area contributed by atoms with E-state index in [-0.39, 0.29) is 0 Å². The van der Waals surface area contributed by atoms with Crippen LogP contribution in [-0.2, 0) is 0 Å². The highest BCUT2D eigenvalue weighted by molar-refractivity contribution is 5.32. The second-order valence-corrected chi connectivity index (χ2v) is 5.42. The summed E-state index contributed by atoms with van der Waals surface area (Å²) in [5.74, 6) is 1.40. The molecule has 1 aliphatic rings. The minimum atomic E-state index is 0.438. The number of hydrogen-bond acceptors (Lipinski definition) is 2. The molecule has 1 aromatic heterocycles. The summed E-state index contributed by atoms with van der Waals surface area (Å²) in [6.45, 7) is 2.15. The van der Waals surface area contributed by atoms with Crippen LogP contribution in [0.2, 0.25) is 0 Å². The van der Waals surface area contributed by atoms with Gasteiger partial charge in [0, 0.05) is 18.4 Å². The van der Waals surface area contributed by atoms with Crippen LogP contribution in [0.15, 0.2) is 48.8 Å². The van der Waals surface area contributed by atoms with Gasteiger partial charge >= 0.3 is 0 Å². The number of aryl methyl sites for hydroxylation is 1. The van der Waals surface area contributed by atoms with E-state index in [0.717, 1.165) is 0 Å². The van der Waals surface area contributed by atoms with Crippen LogP contribution in [0.4, 0.5) is 0 Å². The summed E-state index contributed by atoms with van der Waals surface area (Å²) in [5.41, 5.74) is 4.14. The number of pyridine rings is 1. The molecule has 0 bridgehead atoms. The Labute approximate surface area is 114 Å². The van der Waals surface area contributed by atoms with Gasteiger partial charge in [0.1, 0.15) is 0 Å². The SMILES string of the molecule is CNC(c1ccncc1C)C1CC1c1ccccc1. The van der Waals surface area contributed by atoms with Crippen LogP contribution in [0.5, 0.6) is 0 Å². The van der Waals surface area contributed by atoms with Crippen molar-refractivity contribution < 1.29 is 0 Å². The van der Waals surface area contributed by atoms with E-state index >= 15 is 0 Å². The molecule has 2 heteroatoms. The lowest BCUT2D eigenvalue weighted by molar-refractivity contribution is 0.515. The molecular formula is C17H20N2. The summed E-state index contributed by atoms with van der Waals surface area (Å²) in [6.07, 6.45) is 5.13. The highest BCUT2D eigenvalue weighted by Crippen LogP contribution is 2.54. The second-order valence-electron chi connectivity index (χ2n) is 5.42. The van der Waals surface area contributed by atoms with Gasteiger partial charge in [-0.15, -0.1) is 0 Å². The molecule has 3 rings (SSSR count). The Balaban J connectivity index is 1.81. The number of nitrogens with zero attached hydrogens (tertiary/aromatic N) is 1. The molecule has 1 aromatic carbocycles. The molecule has 98 valence electrons. The Kier molecular flexibility index (Phi) is 3.34. The van der Waals surface area contributed by atoms with E-state index in [2.05, 4.69) is 60.7 Å². The molecule has 0 spiro atoms. The predicted molar refractivity (Wildman–Crippen MR) is 78.1 cm³/mol. The summed E-state index contributed by atoms with van der Waals surface area (Å²) < 4.78 is 0. The van der Waals surface area contributed by atoms with Crippen molar-refractivity contribution in [3.63, 3.8) is 0 Å². The third-order valence-electron chi connectivity index (χ3n) is 4.21. The van der Waals surface area contributed by atoms with Crippen LogP contribution in [0.25, 0.3) is 0 Å². The number of nitrogens with one attached hydrogen (secondary N) is 1. The quantitative estimate of drug-likeness (QED) is 0.901. The highest BCUT2D eigenvalue weighted by atomic mass is 14.9. The fraction of sp³-hybridized carbons (Fsp3) is 0.353. The van der Waals surface area contributed by atoms with Gasteiger partial charge in [-0.1, -0.05) is 30.3 Å². The summed E-state index contributed by atoms with van der Waals surface area (Å²) in [4.78, 5) is 4.19. The van der Waals surface area contributed by atoms with Crippen molar-refractivity contribution >= 4 is 0 Å². The van der Waals surface area contributed by atoms with Gasteiger partial charge in [-0.3, -0.25) is 4.98 Å². The molecule has 2 aromatic rings. The van der Waals surface area contributed by atoms with Crippen molar-refractivity contribution in [2.75, 3.05) is 7.05 Å². The van der Waals surface area contributed by atoms with Crippen LogP contribution in [0.3, 0.4) is 0 Å². The Morgan fingerprint density at radius 3 is 2.68 bits per heavy atom. The van der Waals surface area contributed by atoms with Crippen LogP contribution in [0.1, 0.15) is 35.1 Å². The van der Waals surface area contributed by atoms with Crippen LogP contribution in [-0.4, -0.2) is 12.0 Å². The van der Waals surface area contributed by atoms with Crippen LogP contribution in [0, 0.1) is 12.8 Å². The van der Waals surface area contributed by atoms with Crippen molar-refractivity contribution in [3.8, 4) is 0 Å². The first kappa shape index (κ1) is 12.4. The molecule has 19 heavy (non-hydrogen) atoms. The maximum atomic E-state index is 4.19. The average molecular weight is 252 g/mol. The lowest BCUT2D eigenvalue weighted by Gasteiger charge is -2.18. The highest BCUT2D eigenvalue weighted by Gasteiger charge is 2.44. The lowest BCUT2D eigenvalue weighted by atomic mass is 9.97. The van der Waals surface area contributed by atoms with Crippen molar-refractivity contribution in [1.29, 1.82) is 0 Å². The van der Waals surface area contributed by atoms with Gasteiger partial charge < -0.3 is 5.32 Å². The largest absolute Gasteiger partial charge is 0.313 e. The van der Waals surface area contributed by atoms with Crippen LogP contribution < -0.4 is 5.32 Å². The van der Waals surface area contributed by atoms with Gasteiger partial charge in [0.05, 0.1) is 0 Å². The Hall–Kier alpha value is -1.67. The van der Waals surface area contributed by atoms with Crippen molar-refractivity contribution in [3.05, 3.63) is 65.5 Å². The van der Waals surface area contributed by atoms with E-state index in [0.29, 0.717) is 17.9 Å². The molecule has 3 atom stereocenters. The molecule has 1 saturated carbocycles. The molecule has 1 N–H and O–H groups in total. The smallest absolute Gasteiger partial charge is 0.0356 e. The molecule has 1 fully saturated rings. The fourth-order valence-corrected chi connectivity index (χ4v) is 3.10. The first-order chi connectivity index (χ1) is 9.31. The normalized spacial score (nSPS) is 23.1. The van der Waals surface area contributed by atoms with E-state index in [9.17, 15) is 0 Å². The zero-order valence-electron chi connectivity index (χ0n) is 11.5. The molecule has 2 nitrogen and oxygen atoms in total. The average Bonchev–Trinajstić information content (AvgIpc) is 3.23. The number of hydrogen-bond donors (Lipinski definition) is 1. The van der Waals surface area contributed by atoms with Gasteiger partial charge in [-0.25, -0.2) is 0 Å². The van der Waals surface area contributed by atoms with E-state index in [1.54, 1.807) is 0 Å². The monoisotopic (exact) mass is 252 g/mol. The van der Waals surface area contributed by atoms with E-state index in [1.807, 2.05) is 12.4 Å². The fourth-order valence-electron chi connectivity index (χ4n) is 3.10. The standard InChI is InChI=1S/C17H20N2/c1-12-11-19-9-8-14(12)17(18-2)16-10-15(16)13-6-4-3-5-7-13/h3-9,11,15-18H,10H2,1-2H3. The first-order valence-electron chi connectivity index (χ1n) is 6.94. The molecule has 1 aliphatic carbocycles. The topological polar surface area (TPSA) is 24.9 Å². The lowest BCUT2D eigenvalue weighted by Crippen LogP contribution is -2.20. The third kappa shape index (κ3) is 2.41. The van der Waals surface area contributed by atoms with Gasteiger partial charge in [0.25, 0.3) is 0 Å². The molecule has 0 radical (unpaired) electrons. The summed E-state index contributed by atoms with van der Waals surface area (Å²) in [7, 11) is 2.06. The first-order valence-corrected chi connectivity index (χ1v) is 6.94. The molecule has 1 heterocycles. The van der Waals surface area contributed by atoms with E-state index in [4.69, 9.17) is 0 Å². The number of benzene rings is 1. The minimum Gasteiger partial charge on any atom is -0.313 e. The van der Waals surface area contributed by atoms with Gasteiger partial charge in [-0.2, -0.15) is 0 Å². The van der Waals surface area contributed by atoms with Gasteiger partial charge in [0.2, 0.25) is 0 Å². The molecule has 0 amide bonds. The Morgan fingerprint density at radius 1 is 1.21 bits per heavy atom. The van der Waals surface area contributed by atoms with Gasteiger partial charge in [0.15, 0.2) is 0 Å². The van der Waals surface area contributed by atoms with E-state index < -0.39 is 0 Å². The zero-order chi connectivity index (χ0) is 13.2. The molecule has 0 aliphatic heterocycles. The van der Waals surface area contributed by atoms with E-state index in [1.165, 1.54) is 23.1 Å². The Bertz CT molecular complexity index is 550. The van der Waals surface area contributed by atoms with Crippen molar-refractivity contribution in [2.24, 2.45) is 5.92 Å². The summed E-state index contributed by atoms with van der Waals surface area (Å²) >= 11 is 0. The summed E-state index contributed by atoms with van der Waals surface area (Å²) in [5, 5.41) is 3.49. The van der Waals surface area contributed by atoms with Crippen LogP contribution >= 0.6 is 0 Å². The molecule has 0 saturated heterocycles. The van der Waals surface area contributed by atoms with Gasteiger partial charge in [-0.05, 0) is 55.0 Å². The maximum absolute atomic E-state index is 4.19. The third-order valence-corrected chi connectivity index (χ3v) is 4.21. The number of aromatic nitrogens is 1. The summed E-state index contributed by atoms with van der Waals surface area (Å²) in [6, 6.07) is 13.4. The molecular weight excluding hydrogens is 232 g/mol.